The number of nitrogens with one attached hydrogen (secondary N) is 1. The van der Waals surface area contributed by atoms with Crippen molar-refractivity contribution in [3.63, 3.8) is 0 Å². The monoisotopic (exact) mass is 399 g/mol. The van der Waals surface area contributed by atoms with Gasteiger partial charge in [-0.05, 0) is 69.6 Å². The van der Waals surface area contributed by atoms with E-state index < -0.39 is 0 Å². The van der Waals surface area contributed by atoms with E-state index >= 15 is 0 Å². The first-order valence-corrected chi connectivity index (χ1v) is 9.66. The molecular weight excluding hydrogens is 374 g/mol. The molecule has 0 unspecified atom stereocenters. The molecular formula is C22H26BrNO. The molecule has 0 bridgehead atoms. The average molecular weight is 400 g/mol. The molecule has 0 radical (unpaired) electrons. The fourth-order valence-electron chi connectivity index (χ4n) is 2.53. The van der Waals surface area contributed by atoms with Gasteiger partial charge in [0.15, 0.2) is 0 Å². The van der Waals surface area contributed by atoms with Crippen LogP contribution in [0.1, 0.15) is 56.2 Å². The van der Waals surface area contributed by atoms with Crippen LogP contribution in [0.2, 0.25) is 0 Å². The molecule has 1 amide bonds. The zero-order valence-corrected chi connectivity index (χ0v) is 16.8. The zero-order valence-electron chi connectivity index (χ0n) is 15.2. The predicted molar refractivity (Wildman–Crippen MR) is 111 cm³/mol. The molecule has 2 aromatic rings. The van der Waals surface area contributed by atoms with Crippen molar-refractivity contribution in [2.24, 2.45) is 0 Å². The molecule has 0 aliphatic carbocycles. The number of benzene rings is 2. The Labute approximate surface area is 159 Å². The number of carbonyl (C=O) groups excluding carboxylic acids is 1. The number of hydrogen-bond donors (Lipinski definition) is 1. The van der Waals surface area contributed by atoms with Crippen LogP contribution in [0.5, 0.6) is 0 Å². The Balaban J connectivity index is 1.97. The lowest BCUT2D eigenvalue weighted by Crippen LogP contribution is -2.08. The van der Waals surface area contributed by atoms with E-state index in [4.69, 9.17) is 0 Å². The summed E-state index contributed by atoms with van der Waals surface area (Å²) in [7, 11) is 0. The van der Waals surface area contributed by atoms with Gasteiger partial charge in [0.2, 0.25) is 5.91 Å². The van der Waals surface area contributed by atoms with Gasteiger partial charge in [0.1, 0.15) is 0 Å². The quantitative estimate of drug-likeness (QED) is 0.524. The van der Waals surface area contributed by atoms with Crippen molar-refractivity contribution in [1.82, 2.24) is 0 Å². The first kappa shape index (κ1) is 19.5. The third-order valence-electron chi connectivity index (χ3n) is 4.14. The fourth-order valence-corrected chi connectivity index (χ4v) is 3.06. The summed E-state index contributed by atoms with van der Waals surface area (Å²) < 4.78 is 0.920. The summed E-state index contributed by atoms with van der Waals surface area (Å²) in [5.41, 5.74) is 4.40. The van der Waals surface area contributed by atoms with E-state index in [1.165, 1.54) is 24.0 Å². The highest BCUT2D eigenvalue weighted by Gasteiger charge is 2.04. The van der Waals surface area contributed by atoms with Gasteiger partial charge in [-0.1, -0.05) is 57.5 Å². The van der Waals surface area contributed by atoms with Crippen LogP contribution >= 0.6 is 15.9 Å². The van der Waals surface area contributed by atoms with Gasteiger partial charge in [0, 0.05) is 10.5 Å². The first-order chi connectivity index (χ1) is 12.0. The Kier molecular flexibility index (Phi) is 7.45. The average Bonchev–Trinajstić information content (AvgIpc) is 2.60. The standard InChI is InChI=1S/C22H26BrNO/c1-4-5-6-18-9-13-21(20(23)15-18)24-22(25)14-10-17-7-11-19(12-8-17)16(2)3/h7-16H,4-6H2,1-3H3,(H,24,25)/b14-10+. The van der Waals surface area contributed by atoms with Crippen molar-refractivity contribution in [2.45, 2.75) is 46.0 Å². The second kappa shape index (κ2) is 9.57. The third-order valence-corrected chi connectivity index (χ3v) is 4.80. The van der Waals surface area contributed by atoms with Gasteiger partial charge >= 0.3 is 0 Å². The van der Waals surface area contributed by atoms with Crippen LogP contribution < -0.4 is 5.32 Å². The molecule has 0 spiro atoms. The Bertz CT molecular complexity index is 732. The Morgan fingerprint density at radius 1 is 1.16 bits per heavy atom. The number of amides is 1. The maximum Gasteiger partial charge on any atom is 0.248 e. The van der Waals surface area contributed by atoms with Crippen molar-refractivity contribution in [3.8, 4) is 0 Å². The van der Waals surface area contributed by atoms with Gasteiger partial charge in [0.05, 0.1) is 5.69 Å². The van der Waals surface area contributed by atoms with Crippen molar-refractivity contribution in [3.05, 3.63) is 69.7 Å². The minimum atomic E-state index is -0.130. The summed E-state index contributed by atoms with van der Waals surface area (Å²) >= 11 is 3.55. The van der Waals surface area contributed by atoms with Crippen LogP contribution in [-0.4, -0.2) is 5.91 Å². The minimum absolute atomic E-state index is 0.130. The maximum absolute atomic E-state index is 12.2. The van der Waals surface area contributed by atoms with Crippen molar-refractivity contribution >= 4 is 33.6 Å². The highest BCUT2D eigenvalue weighted by atomic mass is 79.9. The summed E-state index contributed by atoms with van der Waals surface area (Å²) in [4.78, 5) is 12.2. The molecule has 132 valence electrons. The van der Waals surface area contributed by atoms with E-state index in [0.717, 1.165) is 22.1 Å². The van der Waals surface area contributed by atoms with Crippen LogP contribution in [0.15, 0.2) is 53.0 Å². The molecule has 0 fully saturated rings. The van der Waals surface area contributed by atoms with E-state index in [0.29, 0.717) is 5.92 Å². The summed E-state index contributed by atoms with van der Waals surface area (Å²) in [6.45, 7) is 6.53. The summed E-state index contributed by atoms with van der Waals surface area (Å²) in [5, 5.41) is 2.92. The molecule has 1 N–H and O–H groups in total. The van der Waals surface area contributed by atoms with Crippen molar-refractivity contribution in [1.29, 1.82) is 0 Å². The first-order valence-electron chi connectivity index (χ1n) is 8.87. The number of anilines is 1. The second-order valence-electron chi connectivity index (χ2n) is 6.56. The molecule has 0 saturated carbocycles. The van der Waals surface area contributed by atoms with Crippen LogP contribution in [0, 0.1) is 0 Å². The maximum atomic E-state index is 12.2. The topological polar surface area (TPSA) is 29.1 Å². The lowest BCUT2D eigenvalue weighted by Gasteiger charge is -2.08. The number of halogens is 1. The minimum Gasteiger partial charge on any atom is -0.321 e. The second-order valence-corrected chi connectivity index (χ2v) is 7.42. The predicted octanol–water partition coefficient (Wildman–Crippen LogP) is 6.57. The van der Waals surface area contributed by atoms with Gasteiger partial charge in [-0.25, -0.2) is 0 Å². The number of rotatable bonds is 7. The summed E-state index contributed by atoms with van der Waals surface area (Å²) in [6.07, 6.45) is 6.83. The molecule has 25 heavy (non-hydrogen) atoms. The molecule has 3 heteroatoms. The van der Waals surface area contributed by atoms with Gasteiger partial charge in [-0.15, -0.1) is 0 Å². The van der Waals surface area contributed by atoms with E-state index in [2.05, 4.69) is 66.3 Å². The van der Waals surface area contributed by atoms with E-state index in [-0.39, 0.29) is 5.91 Å². The normalized spacial score (nSPS) is 11.2. The molecule has 0 atom stereocenters. The molecule has 0 saturated heterocycles. The van der Waals surface area contributed by atoms with Crippen molar-refractivity contribution in [2.75, 3.05) is 5.32 Å². The van der Waals surface area contributed by atoms with E-state index in [1.54, 1.807) is 6.08 Å². The molecule has 2 aromatic carbocycles. The Morgan fingerprint density at radius 2 is 1.88 bits per heavy atom. The Morgan fingerprint density at radius 3 is 2.48 bits per heavy atom. The van der Waals surface area contributed by atoms with Crippen LogP contribution in [0.25, 0.3) is 6.08 Å². The lowest BCUT2D eigenvalue weighted by molar-refractivity contribution is -0.111. The fraction of sp³-hybridized carbons (Fsp3) is 0.318. The van der Waals surface area contributed by atoms with E-state index in [1.807, 2.05) is 24.3 Å². The molecule has 2 nitrogen and oxygen atoms in total. The van der Waals surface area contributed by atoms with Gasteiger partial charge in [0.25, 0.3) is 0 Å². The van der Waals surface area contributed by atoms with Gasteiger partial charge in [-0.2, -0.15) is 0 Å². The highest BCUT2D eigenvalue weighted by molar-refractivity contribution is 9.10. The van der Waals surface area contributed by atoms with Crippen LogP contribution in [-0.2, 0) is 11.2 Å². The number of hydrogen-bond acceptors (Lipinski definition) is 1. The van der Waals surface area contributed by atoms with Crippen molar-refractivity contribution < 1.29 is 4.79 Å². The molecule has 0 aromatic heterocycles. The Hall–Kier alpha value is -1.87. The summed E-state index contributed by atoms with van der Waals surface area (Å²) in [6, 6.07) is 14.4. The SMILES string of the molecule is CCCCc1ccc(NC(=O)/C=C/c2ccc(C(C)C)cc2)c(Br)c1. The third kappa shape index (κ3) is 6.17. The molecule has 0 aliphatic heterocycles. The lowest BCUT2D eigenvalue weighted by atomic mass is 10.0. The zero-order chi connectivity index (χ0) is 18.2. The smallest absolute Gasteiger partial charge is 0.248 e. The number of unbranched alkanes of at least 4 members (excludes halogenated alkanes) is 1. The van der Waals surface area contributed by atoms with E-state index in [9.17, 15) is 4.79 Å². The summed E-state index contributed by atoms with van der Waals surface area (Å²) in [5.74, 6) is 0.383. The van der Waals surface area contributed by atoms with Crippen LogP contribution in [0.3, 0.4) is 0 Å². The number of carbonyl (C=O) groups is 1. The van der Waals surface area contributed by atoms with Crippen LogP contribution in [0.4, 0.5) is 5.69 Å². The van der Waals surface area contributed by atoms with Gasteiger partial charge < -0.3 is 5.32 Å². The molecule has 2 rings (SSSR count). The van der Waals surface area contributed by atoms with Gasteiger partial charge in [-0.3, -0.25) is 4.79 Å². The number of aryl methyl sites for hydroxylation is 1. The molecule has 0 aliphatic rings. The molecule has 0 heterocycles. The largest absolute Gasteiger partial charge is 0.321 e. The highest BCUT2D eigenvalue weighted by Crippen LogP contribution is 2.24.